The Balaban J connectivity index is 1.76. The Labute approximate surface area is 147 Å². The molecule has 1 amide bonds. The molecule has 2 N–H and O–H groups in total. The first kappa shape index (κ1) is 16.4. The molecule has 0 saturated heterocycles. The lowest BCUT2D eigenvalue weighted by atomic mass is 10.2. The highest BCUT2D eigenvalue weighted by Gasteiger charge is 2.14. The number of ether oxygens (including phenoxy) is 2. The summed E-state index contributed by atoms with van der Waals surface area (Å²) < 4.78 is 11.3. The fourth-order valence-electron chi connectivity index (χ4n) is 2.13. The lowest BCUT2D eigenvalue weighted by Crippen LogP contribution is -2.29. The van der Waals surface area contributed by atoms with Crippen molar-refractivity contribution in [2.24, 2.45) is 0 Å². The number of nitrogens with zero attached hydrogens (tertiary/aromatic N) is 1. The number of rotatable bonds is 5. The van der Waals surface area contributed by atoms with E-state index in [1.54, 1.807) is 31.4 Å². The monoisotopic (exact) mass is 363 g/mol. The number of anilines is 1. The molecule has 0 bridgehead atoms. The molecule has 0 unspecified atom stereocenters. The predicted octanol–water partition coefficient (Wildman–Crippen LogP) is 3.72. The molecule has 0 aliphatic rings. The molecule has 0 aliphatic carbocycles. The van der Waals surface area contributed by atoms with Gasteiger partial charge in [-0.1, -0.05) is 29.0 Å². The minimum Gasteiger partial charge on any atom is -0.497 e. The summed E-state index contributed by atoms with van der Waals surface area (Å²) in [6.07, 6.45) is 0. The highest BCUT2D eigenvalue weighted by atomic mass is 35.5. The summed E-state index contributed by atoms with van der Waals surface area (Å²) >= 11 is 7.49. The molecule has 8 heteroatoms. The first-order chi connectivity index (χ1) is 11.6. The van der Waals surface area contributed by atoms with Crippen LogP contribution in [-0.4, -0.2) is 25.1 Å². The van der Waals surface area contributed by atoms with Gasteiger partial charge in [0.05, 0.1) is 29.5 Å². The van der Waals surface area contributed by atoms with Gasteiger partial charge in [0.2, 0.25) is 5.13 Å². The van der Waals surface area contributed by atoms with Gasteiger partial charge in [0.15, 0.2) is 0 Å². The van der Waals surface area contributed by atoms with Crippen LogP contribution in [0.3, 0.4) is 0 Å². The maximum absolute atomic E-state index is 12.3. The van der Waals surface area contributed by atoms with Crippen LogP contribution in [0, 0.1) is 0 Å². The van der Waals surface area contributed by atoms with Crippen LogP contribution in [0.15, 0.2) is 36.4 Å². The van der Waals surface area contributed by atoms with Gasteiger partial charge in [-0.15, -0.1) is 0 Å². The zero-order valence-electron chi connectivity index (χ0n) is 12.9. The number of benzene rings is 2. The molecule has 24 heavy (non-hydrogen) atoms. The molecule has 3 aromatic rings. The van der Waals surface area contributed by atoms with Crippen molar-refractivity contribution < 1.29 is 14.3 Å². The topological polar surface area (TPSA) is 72.5 Å². The normalized spacial score (nSPS) is 10.5. The van der Waals surface area contributed by atoms with E-state index in [1.807, 2.05) is 12.1 Å². The Bertz CT molecular complexity index is 897. The summed E-state index contributed by atoms with van der Waals surface area (Å²) in [6.45, 7) is 0. The molecule has 0 spiro atoms. The van der Waals surface area contributed by atoms with Crippen molar-refractivity contribution in [2.45, 2.75) is 0 Å². The molecule has 3 rings (SSSR count). The summed E-state index contributed by atoms with van der Waals surface area (Å²) in [7, 11) is 3.04. The Morgan fingerprint density at radius 3 is 2.75 bits per heavy atom. The van der Waals surface area contributed by atoms with Crippen LogP contribution in [0.5, 0.6) is 11.5 Å². The number of hydrogen-bond acceptors (Lipinski definition) is 6. The van der Waals surface area contributed by atoms with E-state index >= 15 is 0 Å². The van der Waals surface area contributed by atoms with Gasteiger partial charge in [0.1, 0.15) is 17.0 Å². The second-order valence-corrected chi connectivity index (χ2v) is 6.19. The van der Waals surface area contributed by atoms with Gasteiger partial charge in [-0.05, 0) is 24.3 Å². The Morgan fingerprint density at radius 1 is 1.21 bits per heavy atom. The van der Waals surface area contributed by atoms with Gasteiger partial charge < -0.3 is 9.47 Å². The number of fused-ring (bicyclic) bond motifs is 1. The van der Waals surface area contributed by atoms with Gasteiger partial charge in [0, 0.05) is 6.07 Å². The average Bonchev–Trinajstić information content (AvgIpc) is 3.03. The van der Waals surface area contributed by atoms with Crippen molar-refractivity contribution in [2.75, 3.05) is 19.6 Å². The van der Waals surface area contributed by atoms with Crippen LogP contribution < -0.4 is 20.3 Å². The minimum absolute atomic E-state index is 0.347. The molecule has 0 atom stereocenters. The van der Waals surface area contributed by atoms with E-state index in [0.29, 0.717) is 32.7 Å². The fraction of sp³-hybridized carbons (Fsp3) is 0.125. The smallest absolute Gasteiger partial charge is 0.273 e. The van der Waals surface area contributed by atoms with Crippen LogP contribution >= 0.6 is 22.9 Å². The third-order valence-electron chi connectivity index (χ3n) is 3.31. The number of halogens is 1. The van der Waals surface area contributed by atoms with E-state index in [4.69, 9.17) is 21.1 Å². The van der Waals surface area contributed by atoms with Crippen molar-refractivity contribution in [1.29, 1.82) is 0 Å². The second kappa shape index (κ2) is 6.94. The Kier molecular flexibility index (Phi) is 4.73. The van der Waals surface area contributed by atoms with Crippen LogP contribution in [-0.2, 0) is 0 Å². The van der Waals surface area contributed by atoms with Crippen LogP contribution in [0.2, 0.25) is 5.02 Å². The molecule has 0 saturated carbocycles. The number of carbonyl (C=O) groups is 1. The van der Waals surface area contributed by atoms with E-state index in [-0.39, 0.29) is 5.91 Å². The van der Waals surface area contributed by atoms with Gasteiger partial charge in [0.25, 0.3) is 5.91 Å². The van der Waals surface area contributed by atoms with E-state index in [1.165, 1.54) is 18.4 Å². The van der Waals surface area contributed by atoms with E-state index in [0.717, 1.165) is 4.70 Å². The molecular formula is C16H14ClN3O3S. The Hall–Kier alpha value is -2.51. The quantitative estimate of drug-likeness (QED) is 0.676. The molecule has 2 aromatic carbocycles. The summed E-state index contributed by atoms with van der Waals surface area (Å²) in [5.74, 6) is 0.679. The summed E-state index contributed by atoms with van der Waals surface area (Å²) in [5.41, 5.74) is 6.48. The van der Waals surface area contributed by atoms with Gasteiger partial charge in [-0.25, -0.2) is 4.98 Å². The fourth-order valence-corrected chi connectivity index (χ4v) is 3.25. The highest BCUT2D eigenvalue weighted by Crippen LogP contribution is 2.30. The molecule has 1 heterocycles. The predicted molar refractivity (Wildman–Crippen MR) is 95.3 cm³/mol. The van der Waals surface area contributed by atoms with Crippen LogP contribution in [0.4, 0.5) is 5.13 Å². The van der Waals surface area contributed by atoms with Crippen molar-refractivity contribution in [3.8, 4) is 11.5 Å². The number of hydrazine groups is 1. The lowest BCUT2D eigenvalue weighted by molar-refractivity contribution is 0.0959. The molecule has 124 valence electrons. The number of carbonyl (C=O) groups excluding carboxylic acids is 1. The summed E-state index contributed by atoms with van der Waals surface area (Å²) in [4.78, 5) is 16.7. The van der Waals surface area contributed by atoms with Crippen LogP contribution in [0.25, 0.3) is 10.2 Å². The Morgan fingerprint density at radius 2 is 2.04 bits per heavy atom. The molecular weight excluding hydrogens is 350 g/mol. The molecule has 6 nitrogen and oxygen atoms in total. The van der Waals surface area contributed by atoms with E-state index in [2.05, 4.69) is 15.8 Å². The van der Waals surface area contributed by atoms with Crippen LogP contribution in [0.1, 0.15) is 10.4 Å². The third kappa shape index (κ3) is 3.22. The zero-order valence-corrected chi connectivity index (χ0v) is 14.5. The van der Waals surface area contributed by atoms with Crippen molar-refractivity contribution in [3.63, 3.8) is 0 Å². The highest BCUT2D eigenvalue weighted by molar-refractivity contribution is 7.22. The second-order valence-electron chi connectivity index (χ2n) is 4.75. The average molecular weight is 364 g/mol. The van der Waals surface area contributed by atoms with Crippen molar-refractivity contribution in [3.05, 3.63) is 47.0 Å². The first-order valence-corrected chi connectivity index (χ1v) is 8.15. The molecule has 0 aliphatic heterocycles. The lowest BCUT2D eigenvalue weighted by Gasteiger charge is -2.10. The third-order valence-corrected chi connectivity index (χ3v) is 4.55. The number of methoxy groups -OCH3 is 2. The SMILES string of the molecule is COc1ccc(C(=O)NNc2nc3c(Cl)cccc3s2)c(OC)c1. The minimum atomic E-state index is -0.347. The molecule has 0 radical (unpaired) electrons. The molecule has 1 aromatic heterocycles. The van der Waals surface area contributed by atoms with Gasteiger partial charge >= 0.3 is 0 Å². The van der Waals surface area contributed by atoms with Crippen molar-refractivity contribution in [1.82, 2.24) is 10.4 Å². The van der Waals surface area contributed by atoms with Gasteiger partial charge in [-0.2, -0.15) is 0 Å². The summed E-state index contributed by atoms with van der Waals surface area (Å²) in [6, 6.07) is 10.5. The summed E-state index contributed by atoms with van der Waals surface area (Å²) in [5, 5.41) is 1.11. The maximum atomic E-state index is 12.3. The van der Waals surface area contributed by atoms with Gasteiger partial charge in [-0.3, -0.25) is 15.6 Å². The number of hydrogen-bond donors (Lipinski definition) is 2. The number of amides is 1. The van der Waals surface area contributed by atoms with E-state index < -0.39 is 0 Å². The van der Waals surface area contributed by atoms with E-state index in [9.17, 15) is 4.79 Å². The number of aromatic nitrogens is 1. The standard InChI is InChI=1S/C16H14ClN3O3S/c1-22-9-6-7-10(12(8-9)23-2)15(21)19-20-16-18-14-11(17)4-3-5-13(14)24-16/h3-8H,1-2H3,(H,18,20)(H,19,21). The first-order valence-electron chi connectivity index (χ1n) is 6.96. The van der Waals surface area contributed by atoms with Crippen molar-refractivity contribution >= 4 is 44.2 Å². The number of thiazole rings is 1. The molecule has 0 fully saturated rings. The largest absolute Gasteiger partial charge is 0.497 e. The number of nitrogens with one attached hydrogen (secondary N) is 2. The zero-order chi connectivity index (χ0) is 17.1. The maximum Gasteiger partial charge on any atom is 0.273 e. The number of para-hydroxylation sites is 1.